The number of hydrogen-bond acceptors (Lipinski definition) is 1. The molecule has 0 fully saturated rings. The molecule has 2 aromatic rings. The summed E-state index contributed by atoms with van der Waals surface area (Å²) in [6.07, 6.45) is 0. The van der Waals surface area contributed by atoms with E-state index < -0.39 is 0 Å². The van der Waals surface area contributed by atoms with Gasteiger partial charge in [0, 0.05) is 12.5 Å². The van der Waals surface area contributed by atoms with Crippen molar-refractivity contribution in [2.24, 2.45) is 0 Å². The Labute approximate surface area is 80.1 Å². The van der Waals surface area contributed by atoms with Crippen LogP contribution in [-0.2, 0) is 0 Å². The predicted octanol–water partition coefficient (Wildman–Crippen LogP) is 4.07. The SMILES string of the molecule is Cc1sc(-c2ccccc2)c[s+]1. The minimum Gasteiger partial charge on any atom is -0.0622 e. The summed E-state index contributed by atoms with van der Waals surface area (Å²) >= 11 is 3.68. The third-order valence-corrected chi connectivity index (χ3v) is 3.88. The molecule has 2 rings (SSSR count). The lowest BCUT2D eigenvalue weighted by Gasteiger charge is -1.87. The number of hydrogen-bond donors (Lipinski definition) is 0. The first-order valence-corrected chi connectivity index (χ1v) is 5.49. The maximum absolute atomic E-state index is 2.22. The van der Waals surface area contributed by atoms with Gasteiger partial charge in [-0.1, -0.05) is 30.3 Å². The van der Waals surface area contributed by atoms with E-state index in [4.69, 9.17) is 0 Å². The van der Waals surface area contributed by atoms with Crippen LogP contribution in [-0.4, -0.2) is 0 Å². The van der Waals surface area contributed by atoms with Crippen LogP contribution >= 0.6 is 22.7 Å². The van der Waals surface area contributed by atoms with Crippen molar-refractivity contribution < 1.29 is 0 Å². The van der Waals surface area contributed by atoms with Crippen molar-refractivity contribution in [2.75, 3.05) is 0 Å². The molecule has 0 N–H and O–H groups in total. The van der Waals surface area contributed by atoms with Gasteiger partial charge >= 0.3 is 0 Å². The summed E-state index contributed by atoms with van der Waals surface area (Å²) in [6.45, 7) is 2.15. The molecule has 0 unspecified atom stereocenters. The lowest BCUT2D eigenvalue weighted by Crippen LogP contribution is -1.67. The van der Waals surface area contributed by atoms with Gasteiger partial charge < -0.3 is 0 Å². The van der Waals surface area contributed by atoms with Gasteiger partial charge in [-0.2, -0.15) is 0 Å². The average molecular weight is 193 g/mol. The van der Waals surface area contributed by atoms with E-state index in [0.717, 1.165) is 0 Å². The normalized spacial score (nSPS) is 10.1. The van der Waals surface area contributed by atoms with E-state index in [0.29, 0.717) is 0 Å². The van der Waals surface area contributed by atoms with Gasteiger partial charge in [-0.3, -0.25) is 0 Å². The standard InChI is InChI=1S/C10H9S2/c1-8-11-7-10(12-8)9-5-3-2-4-6-9/h2-7H,1H3/q+1. The van der Waals surface area contributed by atoms with Crippen LogP contribution in [0, 0.1) is 6.92 Å². The van der Waals surface area contributed by atoms with Crippen LogP contribution in [0.2, 0.25) is 0 Å². The van der Waals surface area contributed by atoms with Gasteiger partial charge in [0.2, 0.25) is 0 Å². The fourth-order valence-electron chi connectivity index (χ4n) is 1.07. The van der Waals surface area contributed by atoms with Crippen molar-refractivity contribution in [1.29, 1.82) is 0 Å². The molecule has 60 valence electrons. The number of aryl methyl sites for hydroxylation is 1. The summed E-state index contributed by atoms with van der Waals surface area (Å²) in [7, 11) is 0. The minimum atomic E-state index is 1.33. The zero-order valence-electron chi connectivity index (χ0n) is 6.78. The molecule has 12 heavy (non-hydrogen) atoms. The predicted molar refractivity (Wildman–Crippen MR) is 56.8 cm³/mol. The maximum Gasteiger partial charge on any atom is 0.251 e. The van der Waals surface area contributed by atoms with E-state index in [1.165, 1.54) is 14.6 Å². The molecule has 0 aliphatic heterocycles. The monoisotopic (exact) mass is 193 g/mol. The van der Waals surface area contributed by atoms with Crippen molar-refractivity contribution in [1.82, 2.24) is 0 Å². The Morgan fingerprint density at radius 2 is 1.92 bits per heavy atom. The van der Waals surface area contributed by atoms with Crippen molar-refractivity contribution >= 4 is 22.7 Å². The number of rotatable bonds is 1. The molecule has 1 heterocycles. The van der Waals surface area contributed by atoms with Crippen LogP contribution in [0.4, 0.5) is 0 Å². The van der Waals surface area contributed by atoms with Gasteiger partial charge in [-0.15, -0.1) is 0 Å². The van der Waals surface area contributed by atoms with E-state index in [1.807, 2.05) is 28.7 Å². The largest absolute Gasteiger partial charge is 0.251 e. The van der Waals surface area contributed by atoms with Crippen LogP contribution in [0.25, 0.3) is 10.4 Å². The molecule has 0 spiro atoms. The molecule has 0 aliphatic carbocycles. The van der Waals surface area contributed by atoms with Crippen molar-refractivity contribution in [3.05, 3.63) is 39.9 Å². The smallest absolute Gasteiger partial charge is 0.0622 e. The first kappa shape index (κ1) is 7.90. The van der Waals surface area contributed by atoms with Gasteiger partial charge in [-0.25, -0.2) is 0 Å². The highest BCUT2D eigenvalue weighted by Crippen LogP contribution is 2.30. The van der Waals surface area contributed by atoms with Crippen molar-refractivity contribution in [3.63, 3.8) is 0 Å². The molecule has 0 radical (unpaired) electrons. The van der Waals surface area contributed by atoms with E-state index in [9.17, 15) is 0 Å². The Balaban J connectivity index is 2.45. The van der Waals surface area contributed by atoms with Crippen LogP contribution in [0.3, 0.4) is 0 Å². The Hall–Kier alpha value is -0.730. The zero-order chi connectivity index (χ0) is 8.39. The van der Waals surface area contributed by atoms with Gasteiger partial charge in [0.05, 0.1) is 22.7 Å². The summed E-state index contributed by atoms with van der Waals surface area (Å²) in [4.78, 5) is 1.37. The molecular formula is C10H9S2+. The molecule has 0 saturated carbocycles. The summed E-state index contributed by atoms with van der Waals surface area (Å²) in [5, 5.41) is 2.22. The molecule has 1 aromatic heterocycles. The lowest BCUT2D eigenvalue weighted by molar-refractivity contribution is 1.71. The fourth-order valence-corrected chi connectivity index (χ4v) is 2.98. The van der Waals surface area contributed by atoms with Crippen LogP contribution < -0.4 is 0 Å². The first-order valence-electron chi connectivity index (χ1n) is 3.80. The van der Waals surface area contributed by atoms with Gasteiger partial charge in [0.15, 0.2) is 4.88 Å². The second-order valence-corrected chi connectivity index (χ2v) is 5.16. The Morgan fingerprint density at radius 3 is 2.50 bits per heavy atom. The van der Waals surface area contributed by atoms with Gasteiger partial charge in [0.1, 0.15) is 5.38 Å². The van der Waals surface area contributed by atoms with Crippen molar-refractivity contribution in [3.8, 4) is 10.4 Å². The van der Waals surface area contributed by atoms with Gasteiger partial charge in [0.25, 0.3) is 4.19 Å². The van der Waals surface area contributed by atoms with Crippen LogP contribution in [0.5, 0.6) is 0 Å². The average Bonchev–Trinajstić information content (AvgIpc) is 2.54. The molecule has 0 aliphatic rings. The molecular weight excluding hydrogens is 184 g/mol. The van der Waals surface area contributed by atoms with Crippen LogP contribution in [0.1, 0.15) is 4.19 Å². The highest BCUT2D eigenvalue weighted by molar-refractivity contribution is 7.32. The summed E-state index contributed by atoms with van der Waals surface area (Å²) in [5.41, 5.74) is 1.33. The summed E-state index contributed by atoms with van der Waals surface area (Å²) in [6, 6.07) is 10.5. The Kier molecular flexibility index (Phi) is 2.19. The van der Waals surface area contributed by atoms with Crippen LogP contribution in [0.15, 0.2) is 35.7 Å². The Morgan fingerprint density at radius 1 is 1.17 bits per heavy atom. The fraction of sp³-hybridized carbons (Fsp3) is 0.100. The maximum atomic E-state index is 2.22. The lowest BCUT2D eigenvalue weighted by atomic mass is 10.2. The van der Waals surface area contributed by atoms with E-state index in [2.05, 4.69) is 36.6 Å². The Bertz CT molecular complexity index is 362. The van der Waals surface area contributed by atoms with Crippen molar-refractivity contribution in [2.45, 2.75) is 6.92 Å². The van der Waals surface area contributed by atoms with E-state index in [-0.39, 0.29) is 0 Å². The van der Waals surface area contributed by atoms with Gasteiger partial charge in [-0.05, 0) is 0 Å². The highest BCUT2D eigenvalue weighted by atomic mass is 32.2. The molecule has 1 aromatic carbocycles. The topological polar surface area (TPSA) is 0 Å². The summed E-state index contributed by atoms with van der Waals surface area (Å²) < 4.78 is 1.41. The highest BCUT2D eigenvalue weighted by Gasteiger charge is 2.10. The first-order chi connectivity index (χ1) is 5.86. The molecule has 0 atom stereocenters. The molecule has 2 heteroatoms. The molecule has 0 bridgehead atoms. The van der Waals surface area contributed by atoms with E-state index in [1.54, 1.807) is 0 Å². The third kappa shape index (κ3) is 1.54. The minimum absolute atomic E-state index is 1.33. The molecule has 0 saturated heterocycles. The molecule has 0 amide bonds. The summed E-state index contributed by atoms with van der Waals surface area (Å²) in [5.74, 6) is 0. The third-order valence-electron chi connectivity index (χ3n) is 1.64. The second kappa shape index (κ2) is 3.33. The molecule has 0 nitrogen and oxygen atoms in total. The zero-order valence-corrected chi connectivity index (χ0v) is 8.41. The number of benzene rings is 1. The second-order valence-electron chi connectivity index (χ2n) is 2.56. The quantitative estimate of drug-likeness (QED) is 0.599. The van der Waals surface area contributed by atoms with E-state index >= 15 is 0 Å².